The number of carbonyl (C=O) groups excluding carboxylic acids is 1. The van der Waals surface area contributed by atoms with Crippen molar-refractivity contribution in [2.75, 3.05) is 26.1 Å². The van der Waals surface area contributed by atoms with Crippen LogP contribution in [-0.4, -0.2) is 26.7 Å². The Labute approximate surface area is 181 Å². The average Bonchev–Trinajstić information content (AvgIpc) is 2.80. The van der Waals surface area contributed by atoms with E-state index in [1.807, 2.05) is 42.5 Å². The van der Waals surface area contributed by atoms with Gasteiger partial charge in [0.05, 0.1) is 20.8 Å². The van der Waals surface area contributed by atoms with Crippen molar-refractivity contribution in [3.8, 4) is 11.5 Å². The molecule has 0 spiro atoms. The zero-order valence-corrected chi connectivity index (χ0v) is 17.7. The maximum Gasteiger partial charge on any atom is 0.287 e. The van der Waals surface area contributed by atoms with Gasteiger partial charge in [0.1, 0.15) is 12.4 Å². The van der Waals surface area contributed by atoms with Gasteiger partial charge < -0.3 is 19.7 Å². The fraction of sp³-hybridized carbons (Fsp3) is 0.240. The third-order valence-corrected chi connectivity index (χ3v) is 5.75. The zero-order valence-electron chi connectivity index (χ0n) is 17.7. The monoisotopic (exact) mass is 421 g/mol. The number of anilines is 1. The van der Waals surface area contributed by atoms with Crippen LogP contribution in [0.3, 0.4) is 0 Å². The molecule has 0 radical (unpaired) electrons. The number of hydrogen-bond acceptors (Lipinski definition) is 3. The van der Waals surface area contributed by atoms with Gasteiger partial charge >= 0.3 is 0 Å². The van der Waals surface area contributed by atoms with Gasteiger partial charge in [-0.05, 0) is 42.0 Å². The van der Waals surface area contributed by atoms with E-state index in [9.17, 15) is 9.18 Å². The molecule has 1 unspecified atom stereocenters. The molecule has 6 heteroatoms. The quantitative estimate of drug-likeness (QED) is 0.643. The minimum Gasteiger partial charge on any atom is -0.493 e. The molecule has 1 aliphatic heterocycles. The summed E-state index contributed by atoms with van der Waals surface area (Å²) in [5.74, 6) is 0.963. The summed E-state index contributed by atoms with van der Waals surface area (Å²) in [6, 6.07) is 19.3. The van der Waals surface area contributed by atoms with Crippen molar-refractivity contribution in [1.29, 1.82) is 0 Å². The molecule has 1 amide bonds. The van der Waals surface area contributed by atoms with Crippen LogP contribution in [0, 0.1) is 5.82 Å². The Kier molecular flexibility index (Phi) is 6.18. The van der Waals surface area contributed by atoms with Crippen LogP contribution in [0.2, 0.25) is 0 Å². The maximum absolute atomic E-state index is 13.4. The summed E-state index contributed by atoms with van der Waals surface area (Å²) in [4.78, 5) is 14.5. The number of quaternary nitrogens is 1. The Bertz CT molecular complexity index is 1050. The van der Waals surface area contributed by atoms with Crippen molar-refractivity contribution in [1.82, 2.24) is 0 Å². The van der Waals surface area contributed by atoms with Crippen molar-refractivity contribution in [2.45, 2.75) is 19.0 Å². The van der Waals surface area contributed by atoms with E-state index in [2.05, 4.69) is 5.32 Å². The molecule has 31 heavy (non-hydrogen) atoms. The summed E-state index contributed by atoms with van der Waals surface area (Å²) in [7, 11) is 3.26. The molecule has 2 N–H and O–H groups in total. The predicted molar refractivity (Wildman–Crippen MR) is 117 cm³/mol. The minimum absolute atomic E-state index is 0.114. The van der Waals surface area contributed by atoms with Crippen molar-refractivity contribution < 1.29 is 23.6 Å². The van der Waals surface area contributed by atoms with E-state index in [4.69, 9.17) is 9.47 Å². The van der Waals surface area contributed by atoms with Gasteiger partial charge in [0.2, 0.25) is 0 Å². The van der Waals surface area contributed by atoms with E-state index in [0.717, 1.165) is 34.7 Å². The van der Waals surface area contributed by atoms with Crippen molar-refractivity contribution in [3.05, 3.63) is 89.2 Å². The third-order valence-electron chi connectivity index (χ3n) is 5.75. The molecule has 160 valence electrons. The van der Waals surface area contributed by atoms with Crippen LogP contribution in [0.4, 0.5) is 10.1 Å². The lowest BCUT2D eigenvalue weighted by Crippen LogP contribution is -3.13. The standard InChI is InChI=1S/C25H25FN2O3/c1-30-22-14-18-12-13-28(16-19(18)15-23(22)31-2)24(17-6-4-3-5-7-17)25(29)27-21-10-8-20(26)9-11-21/h3-11,14-15,24H,12-13,16H2,1-2H3,(H,27,29)/p+1/t24-/m1/s1. The van der Waals surface area contributed by atoms with Crippen molar-refractivity contribution in [3.63, 3.8) is 0 Å². The van der Waals surface area contributed by atoms with Gasteiger partial charge in [0.25, 0.3) is 5.91 Å². The lowest BCUT2D eigenvalue weighted by molar-refractivity contribution is -0.937. The average molecular weight is 421 g/mol. The Balaban J connectivity index is 1.63. The van der Waals surface area contributed by atoms with Crippen LogP contribution >= 0.6 is 0 Å². The first-order chi connectivity index (χ1) is 15.1. The Morgan fingerprint density at radius 2 is 1.61 bits per heavy atom. The summed E-state index contributed by atoms with van der Waals surface area (Å²) in [5.41, 5.74) is 3.89. The first-order valence-corrected chi connectivity index (χ1v) is 10.3. The highest BCUT2D eigenvalue weighted by molar-refractivity contribution is 5.94. The van der Waals surface area contributed by atoms with Gasteiger partial charge in [-0.25, -0.2) is 4.39 Å². The highest BCUT2D eigenvalue weighted by Gasteiger charge is 2.34. The number of amides is 1. The maximum atomic E-state index is 13.4. The lowest BCUT2D eigenvalue weighted by Gasteiger charge is -2.32. The minimum atomic E-state index is -0.396. The molecule has 0 saturated heterocycles. The van der Waals surface area contributed by atoms with Gasteiger partial charge in [-0.2, -0.15) is 0 Å². The van der Waals surface area contributed by atoms with Crippen LogP contribution in [0.25, 0.3) is 0 Å². The molecule has 1 aliphatic rings. The molecular formula is C25H26FN2O3+. The van der Waals surface area contributed by atoms with Gasteiger partial charge in [-0.1, -0.05) is 30.3 Å². The number of benzene rings is 3. The first kappa shape index (κ1) is 20.9. The number of methoxy groups -OCH3 is 2. The summed E-state index contributed by atoms with van der Waals surface area (Å²) in [5, 5.41) is 2.96. The van der Waals surface area contributed by atoms with E-state index >= 15 is 0 Å². The second kappa shape index (κ2) is 9.18. The van der Waals surface area contributed by atoms with Crippen molar-refractivity contribution in [2.24, 2.45) is 0 Å². The molecule has 0 aliphatic carbocycles. The van der Waals surface area contributed by atoms with Gasteiger partial charge in [-0.3, -0.25) is 4.79 Å². The number of halogens is 1. The second-order valence-electron chi connectivity index (χ2n) is 7.65. The highest BCUT2D eigenvalue weighted by Crippen LogP contribution is 2.31. The fourth-order valence-electron chi connectivity index (χ4n) is 4.20. The number of hydrogen-bond donors (Lipinski definition) is 2. The van der Waals surface area contributed by atoms with Gasteiger partial charge in [0.15, 0.2) is 17.5 Å². The van der Waals surface area contributed by atoms with E-state index < -0.39 is 6.04 Å². The fourth-order valence-corrected chi connectivity index (χ4v) is 4.20. The highest BCUT2D eigenvalue weighted by atomic mass is 19.1. The van der Waals surface area contributed by atoms with E-state index in [1.165, 1.54) is 17.7 Å². The molecular weight excluding hydrogens is 395 g/mol. The molecule has 0 fully saturated rings. The molecule has 0 saturated carbocycles. The SMILES string of the molecule is COc1cc2c(cc1OC)C[NH+]([C@@H](C(=O)Nc1ccc(F)cc1)c1ccccc1)CC2. The molecule has 0 aromatic heterocycles. The van der Waals surface area contributed by atoms with Crippen LogP contribution in [0.15, 0.2) is 66.7 Å². The smallest absolute Gasteiger partial charge is 0.287 e. The second-order valence-corrected chi connectivity index (χ2v) is 7.65. The van der Waals surface area contributed by atoms with E-state index in [0.29, 0.717) is 18.0 Å². The number of nitrogens with one attached hydrogen (secondary N) is 2. The molecule has 4 rings (SSSR count). The Morgan fingerprint density at radius 1 is 0.968 bits per heavy atom. The number of fused-ring (bicyclic) bond motifs is 1. The summed E-state index contributed by atoms with van der Waals surface area (Å²) >= 11 is 0. The van der Waals surface area contributed by atoms with Crippen LogP contribution in [0.1, 0.15) is 22.7 Å². The molecule has 3 aromatic carbocycles. The molecule has 0 bridgehead atoms. The summed E-state index contributed by atoms with van der Waals surface area (Å²) < 4.78 is 24.2. The largest absolute Gasteiger partial charge is 0.493 e. The molecule has 1 heterocycles. The van der Waals surface area contributed by atoms with Gasteiger partial charge in [0, 0.05) is 23.2 Å². The number of ether oxygens (including phenoxy) is 2. The first-order valence-electron chi connectivity index (χ1n) is 10.3. The van der Waals surface area contributed by atoms with Crippen LogP contribution in [0.5, 0.6) is 11.5 Å². The lowest BCUT2D eigenvalue weighted by atomic mass is 9.95. The molecule has 2 atom stereocenters. The van der Waals surface area contributed by atoms with Gasteiger partial charge in [-0.15, -0.1) is 0 Å². The normalized spacial score (nSPS) is 16.2. The predicted octanol–water partition coefficient (Wildman–Crippen LogP) is 3.16. The Morgan fingerprint density at radius 3 is 2.26 bits per heavy atom. The molecule has 5 nitrogen and oxygen atoms in total. The van der Waals surface area contributed by atoms with Crippen molar-refractivity contribution >= 4 is 11.6 Å². The molecule has 3 aromatic rings. The number of carbonyl (C=O) groups is 1. The third kappa shape index (κ3) is 4.54. The summed E-state index contributed by atoms with van der Waals surface area (Å²) in [6.45, 7) is 1.49. The van der Waals surface area contributed by atoms with Crippen LogP contribution < -0.4 is 19.7 Å². The van der Waals surface area contributed by atoms with E-state index in [1.54, 1.807) is 26.4 Å². The van der Waals surface area contributed by atoms with E-state index in [-0.39, 0.29) is 11.7 Å². The number of rotatable bonds is 6. The summed E-state index contributed by atoms with van der Waals surface area (Å²) in [6.07, 6.45) is 0.832. The Hall–Kier alpha value is -3.38. The zero-order chi connectivity index (χ0) is 21.8. The van der Waals surface area contributed by atoms with Crippen LogP contribution in [-0.2, 0) is 17.8 Å². The topological polar surface area (TPSA) is 52.0 Å².